The number of rotatable bonds is 11. The second kappa shape index (κ2) is 16.0. The molecule has 0 aliphatic carbocycles. The first kappa shape index (κ1) is 36.2. The van der Waals surface area contributed by atoms with Gasteiger partial charge in [-0.05, 0) is 84.6 Å². The highest BCUT2D eigenvalue weighted by atomic mass is 32.2. The highest BCUT2D eigenvalue weighted by Gasteiger charge is 2.55. The molecule has 0 unspecified atom stereocenters. The first-order valence-electron chi connectivity index (χ1n) is 18.5. The molecular weight excluding hydrogens is 759 g/mol. The zero-order valence-electron chi connectivity index (χ0n) is 30.7. The first-order valence-corrected chi connectivity index (χ1v) is 23.7. The van der Waals surface area contributed by atoms with Crippen molar-refractivity contribution >= 4 is 80.3 Å². The van der Waals surface area contributed by atoms with Crippen molar-refractivity contribution in [1.29, 1.82) is 0 Å². The van der Waals surface area contributed by atoms with Crippen LogP contribution in [0.25, 0.3) is 10.6 Å². The molecule has 0 aliphatic rings. The Labute approximate surface area is 337 Å². The molecule has 0 bridgehead atoms. The molecule has 0 amide bonds. The number of aryl methyl sites for hydroxylation is 1. The van der Waals surface area contributed by atoms with Crippen LogP contribution >= 0.6 is 37.6 Å². The smallest absolute Gasteiger partial charge is 0.251 e. The van der Waals surface area contributed by atoms with E-state index in [1.807, 2.05) is 6.92 Å². The van der Waals surface area contributed by atoms with Crippen LogP contribution in [0.4, 0.5) is 0 Å². The summed E-state index contributed by atoms with van der Waals surface area (Å²) in [6.07, 6.45) is 0. The molecule has 0 saturated heterocycles. The minimum absolute atomic E-state index is 0.638. The molecule has 0 aliphatic heterocycles. The summed E-state index contributed by atoms with van der Waals surface area (Å²) in [5.74, 6) is 0.638. The summed E-state index contributed by atoms with van der Waals surface area (Å²) < 4.78 is 7.96. The van der Waals surface area contributed by atoms with E-state index in [-0.39, 0.29) is 0 Å². The van der Waals surface area contributed by atoms with Gasteiger partial charge in [-0.15, -0.1) is 11.3 Å². The van der Waals surface area contributed by atoms with Gasteiger partial charge in [0.05, 0.1) is 0 Å². The monoisotopic (exact) mass is 796 g/mol. The molecule has 2 aromatic heterocycles. The van der Waals surface area contributed by atoms with Crippen molar-refractivity contribution in [1.82, 2.24) is 9.97 Å². The van der Waals surface area contributed by atoms with Crippen LogP contribution in [0.3, 0.4) is 0 Å². The number of benzene rings is 7. The lowest BCUT2D eigenvalue weighted by atomic mass is 10.2. The average Bonchev–Trinajstić information content (AvgIpc) is 3.87. The van der Waals surface area contributed by atoms with E-state index < -0.39 is 14.5 Å². The third kappa shape index (κ3) is 6.45. The van der Waals surface area contributed by atoms with Crippen LogP contribution in [0.2, 0.25) is 0 Å². The molecule has 9 rings (SSSR count). The van der Waals surface area contributed by atoms with Gasteiger partial charge in [0.1, 0.15) is 41.0 Å². The summed E-state index contributed by atoms with van der Waals surface area (Å²) in [6.45, 7) is 1.97. The molecule has 3 nitrogen and oxygen atoms in total. The summed E-state index contributed by atoms with van der Waals surface area (Å²) in [6, 6.07) is 76.2. The van der Waals surface area contributed by atoms with Crippen molar-refractivity contribution in [2.75, 3.05) is 0 Å². The van der Waals surface area contributed by atoms with E-state index in [0.29, 0.717) is 5.89 Å². The summed E-state index contributed by atoms with van der Waals surface area (Å²) in [5, 5.41) is 9.19. The van der Waals surface area contributed by atoms with E-state index >= 15 is 0 Å². The van der Waals surface area contributed by atoms with Crippen LogP contribution in [0, 0.1) is 6.92 Å². The van der Waals surface area contributed by atoms with E-state index in [0.717, 1.165) is 30.7 Å². The zero-order chi connectivity index (χ0) is 37.8. The molecule has 0 spiro atoms. The maximum absolute atomic E-state index is 6.86. The van der Waals surface area contributed by atoms with E-state index in [2.05, 4.69) is 212 Å². The quantitative estimate of drug-likeness (QED) is 0.122. The lowest BCUT2D eigenvalue weighted by Gasteiger charge is -2.27. The fourth-order valence-corrected chi connectivity index (χ4v) is 19.3. The normalized spacial score (nSPS) is 11.7. The molecule has 270 valence electrons. The van der Waals surface area contributed by atoms with Gasteiger partial charge < -0.3 is 4.42 Å². The molecule has 0 atom stereocenters. The van der Waals surface area contributed by atoms with Crippen molar-refractivity contribution in [2.45, 2.75) is 16.2 Å². The van der Waals surface area contributed by atoms with Crippen molar-refractivity contribution in [3.05, 3.63) is 218 Å². The molecule has 0 N–H and O–H groups in total. The highest BCUT2D eigenvalue weighted by molar-refractivity contribution is 8.07. The van der Waals surface area contributed by atoms with Crippen LogP contribution in [-0.2, 0) is 0 Å². The standard InChI is InChI=1S/C49H38N2OP2S2/c1-37-50-45(53(39-25-11-3-12-26-39,40-27-13-4-14-28-40)41-29-15-5-16-30-41)48(52-37)56-49-46(51-47(55-49)38-23-9-2-10-24-38)54(42-31-17-6-18-32-42,43-33-19-7-20-34-43)44-35-21-8-22-36-44/h2-36H,1H3/q+2. The summed E-state index contributed by atoms with van der Waals surface area (Å²) in [4.78, 5) is 11.1. The van der Waals surface area contributed by atoms with Crippen LogP contribution in [0.5, 0.6) is 0 Å². The second-order valence-corrected chi connectivity index (χ2v) is 22.2. The Hall–Kier alpha value is -5.41. The number of hydrogen-bond acceptors (Lipinski definition) is 5. The summed E-state index contributed by atoms with van der Waals surface area (Å²) in [5.41, 5.74) is 3.12. The molecule has 0 saturated carbocycles. The zero-order valence-corrected chi connectivity index (χ0v) is 34.1. The van der Waals surface area contributed by atoms with Crippen molar-refractivity contribution in [2.24, 2.45) is 0 Å². The Kier molecular flexibility index (Phi) is 10.3. The topological polar surface area (TPSA) is 38.9 Å². The van der Waals surface area contributed by atoms with Crippen molar-refractivity contribution < 1.29 is 4.42 Å². The number of thiazole rings is 1. The Balaban J connectivity index is 1.36. The first-order chi connectivity index (χ1) is 27.7. The number of oxazole rings is 1. The Bertz CT molecular complexity index is 2460. The Morgan fingerprint density at radius 1 is 0.411 bits per heavy atom. The van der Waals surface area contributed by atoms with Gasteiger partial charge in [-0.3, -0.25) is 0 Å². The van der Waals surface area contributed by atoms with Gasteiger partial charge >= 0.3 is 0 Å². The predicted molar refractivity (Wildman–Crippen MR) is 242 cm³/mol. The molecule has 9 aromatic rings. The van der Waals surface area contributed by atoms with Gasteiger partial charge in [-0.25, -0.2) is 0 Å². The lowest BCUT2D eigenvalue weighted by Crippen LogP contribution is -2.40. The predicted octanol–water partition coefficient (Wildman–Crippen LogP) is 9.50. The fourth-order valence-electron chi connectivity index (χ4n) is 7.58. The van der Waals surface area contributed by atoms with E-state index in [4.69, 9.17) is 14.4 Å². The maximum Gasteiger partial charge on any atom is 0.251 e. The summed E-state index contributed by atoms with van der Waals surface area (Å²) >= 11 is 3.42. The number of aromatic nitrogens is 2. The average molecular weight is 797 g/mol. The van der Waals surface area contributed by atoms with Crippen LogP contribution in [0.15, 0.2) is 226 Å². The van der Waals surface area contributed by atoms with Crippen LogP contribution < -0.4 is 42.7 Å². The number of nitrogens with zero attached hydrogens (tertiary/aromatic N) is 2. The lowest BCUT2D eigenvalue weighted by molar-refractivity contribution is 0.444. The van der Waals surface area contributed by atoms with E-state index in [1.165, 1.54) is 31.8 Å². The highest BCUT2D eigenvalue weighted by Crippen LogP contribution is 2.59. The largest absolute Gasteiger partial charge is 0.430 e. The third-order valence-electron chi connectivity index (χ3n) is 9.97. The van der Waals surface area contributed by atoms with Gasteiger partial charge in [0.15, 0.2) is 20.4 Å². The SMILES string of the molecule is Cc1nc([P+](c2ccccc2)(c2ccccc2)c2ccccc2)c(Sc2sc(-c3ccccc3)nc2[P+](c2ccccc2)(c2ccccc2)c2ccccc2)o1. The minimum atomic E-state index is -2.58. The fraction of sp³-hybridized carbons (Fsp3) is 0.0204. The Morgan fingerprint density at radius 3 is 1.09 bits per heavy atom. The van der Waals surface area contributed by atoms with Gasteiger partial charge in [0, 0.05) is 12.5 Å². The van der Waals surface area contributed by atoms with Gasteiger partial charge in [0.2, 0.25) is 10.5 Å². The molecule has 0 fully saturated rings. The van der Waals surface area contributed by atoms with Crippen molar-refractivity contribution in [3.63, 3.8) is 0 Å². The molecule has 56 heavy (non-hydrogen) atoms. The Morgan fingerprint density at radius 2 is 0.732 bits per heavy atom. The van der Waals surface area contributed by atoms with Gasteiger partial charge in [-0.1, -0.05) is 140 Å². The summed E-state index contributed by atoms with van der Waals surface area (Å²) in [7, 11) is -5.15. The molecule has 2 heterocycles. The van der Waals surface area contributed by atoms with E-state index in [1.54, 1.807) is 23.1 Å². The van der Waals surface area contributed by atoms with Gasteiger partial charge in [0.25, 0.3) is 5.44 Å². The molecule has 7 heteroatoms. The minimum Gasteiger partial charge on any atom is -0.430 e. The van der Waals surface area contributed by atoms with Crippen molar-refractivity contribution in [3.8, 4) is 10.6 Å². The van der Waals surface area contributed by atoms with Gasteiger partial charge in [-0.2, -0.15) is 9.97 Å². The molecular formula is C49H38N2OP2S2+2. The van der Waals surface area contributed by atoms with Crippen LogP contribution in [-0.4, -0.2) is 9.97 Å². The third-order valence-corrected chi connectivity index (χ3v) is 21.0. The molecule has 0 radical (unpaired) electrons. The van der Waals surface area contributed by atoms with Crippen LogP contribution in [0.1, 0.15) is 5.89 Å². The molecule has 7 aromatic carbocycles. The number of hydrogen-bond donors (Lipinski definition) is 0. The maximum atomic E-state index is 6.86. The second-order valence-electron chi connectivity index (χ2n) is 13.3. The van der Waals surface area contributed by atoms with E-state index in [9.17, 15) is 0 Å².